The predicted octanol–water partition coefficient (Wildman–Crippen LogP) is 17.3. The summed E-state index contributed by atoms with van der Waals surface area (Å²) < 4.78 is 9.03. The molecule has 0 spiro atoms. The van der Waals surface area contributed by atoms with Gasteiger partial charge in [0.1, 0.15) is 5.82 Å². The van der Waals surface area contributed by atoms with E-state index in [9.17, 15) is 0 Å². The van der Waals surface area contributed by atoms with Crippen LogP contribution in [0.4, 0.5) is 22.7 Å². The number of rotatable bonds is 11. The van der Waals surface area contributed by atoms with Crippen molar-refractivity contribution >= 4 is 44.6 Å². The monoisotopic (exact) mass is 1130 g/mol. The summed E-state index contributed by atoms with van der Waals surface area (Å²) in [4.78, 5) is 9.54. The number of anilines is 4. The first-order valence-corrected chi connectivity index (χ1v) is 25.1. The third-order valence-corrected chi connectivity index (χ3v) is 15.2. The van der Waals surface area contributed by atoms with Crippen LogP contribution in [-0.4, -0.2) is 9.55 Å². The molecule has 0 bridgehead atoms. The van der Waals surface area contributed by atoms with Crippen LogP contribution in [0, 0.1) is 18.8 Å². The Labute approximate surface area is 446 Å². The molecular formula is C67H61N4OPt-3. The number of para-hydroxylation sites is 2. The first kappa shape index (κ1) is 49.4. The standard InChI is InChI=1S/C67H61N4O.Pt/c1-64(2,3)49-36-37-68-63(42-49)71-61-41-50(65(4,5)46-22-13-10-14-23-46)32-34-57(61)58-35-33-56(44-62(58)71)72-55-29-21-28-53(43-55)69-45-70(60-31-20-19-30-59(60)69)54-39-51(66(6,7)47-24-15-11-16-25-47)38-52(40-54)67(8,9)48-26-17-12-18-27-48;/h10-42,45H,1-9H3;/q-3;. The van der Waals surface area contributed by atoms with E-state index in [1.165, 1.54) is 38.9 Å². The van der Waals surface area contributed by atoms with Crippen LogP contribution in [0.5, 0.6) is 11.5 Å². The summed E-state index contributed by atoms with van der Waals surface area (Å²) in [5, 5.41) is 2.21. The molecule has 11 rings (SSSR count). The van der Waals surface area contributed by atoms with E-state index in [1.807, 2.05) is 24.4 Å². The number of fused-ring (bicyclic) bond motifs is 4. The molecule has 0 amide bonds. The molecule has 8 aromatic carbocycles. The van der Waals surface area contributed by atoms with E-state index in [2.05, 4.69) is 271 Å². The largest absolute Gasteiger partial charge is 0.509 e. The summed E-state index contributed by atoms with van der Waals surface area (Å²) in [5.41, 5.74) is 14.0. The Morgan fingerprint density at radius 2 is 0.973 bits per heavy atom. The third kappa shape index (κ3) is 9.08. The van der Waals surface area contributed by atoms with Crippen molar-refractivity contribution in [2.45, 2.75) is 84.0 Å². The molecule has 0 saturated carbocycles. The van der Waals surface area contributed by atoms with Crippen LogP contribution in [0.3, 0.4) is 0 Å². The maximum absolute atomic E-state index is 6.78. The molecule has 5 nitrogen and oxygen atoms in total. The Hall–Kier alpha value is -7.20. The number of ether oxygens (including phenoxy) is 1. The van der Waals surface area contributed by atoms with Crippen molar-refractivity contribution in [3.05, 3.63) is 258 Å². The van der Waals surface area contributed by atoms with Gasteiger partial charge < -0.3 is 19.1 Å². The van der Waals surface area contributed by atoms with Crippen molar-refractivity contribution in [3.8, 4) is 17.3 Å². The van der Waals surface area contributed by atoms with Crippen molar-refractivity contribution in [1.82, 2.24) is 9.55 Å². The Kier molecular flexibility index (Phi) is 12.9. The zero-order valence-corrected chi connectivity index (χ0v) is 45.4. The van der Waals surface area contributed by atoms with Gasteiger partial charge in [-0.15, -0.1) is 48.1 Å². The molecule has 0 aliphatic carbocycles. The first-order valence-electron chi connectivity index (χ1n) is 25.1. The van der Waals surface area contributed by atoms with Crippen molar-refractivity contribution in [2.24, 2.45) is 0 Å². The number of nitrogens with zero attached hydrogens (tertiary/aromatic N) is 4. The van der Waals surface area contributed by atoms with Crippen molar-refractivity contribution < 1.29 is 25.8 Å². The normalized spacial score (nSPS) is 13.1. The molecule has 0 saturated heterocycles. The van der Waals surface area contributed by atoms with E-state index in [-0.39, 0.29) is 42.7 Å². The molecule has 0 fully saturated rings. The molecular weight excluding hydrogens is 1070 g/mol. The molecule has 73 heavy (non-hydrogen) atoms. The molecule has 0 radical (unpaired) electrons. The average molecular weight is 1130 g/mol. The predicted molar refractivity (Wildman–Crippen MR) is 299 cm³/mol. The summed E-state index contributed by atoms with van der Waals surface area (Å²) >= 11 is 0. The van der Waals surface area contributed by atoms with E-state index in [1.54, 1.807) is 0 Å². The van der Waals surface area contributed by atoms with Crippen molar-refractivity contribution in [2.75, 3.05) is 9.80 Å². The molecule has 6 heteroatoms. The van der Waals surface area contributed by atoms with Gasteiger partial charge in [-0.1, -0.05) is 189 Å². The number of aromatic nitrogens is 2. The average Bonchev–Trinajstić information content (AvgIpc) is 3.95. The van der Waals surface area contributed by atoms with Gasteiger partial charge in [0, 0.05) is 77.6 Å². The molecule has 0 atom stereocenters. The fourth-order valence-electron chi connectivity index (χ4n) is 10.4. The second-order valence-electron chi connectivity index (χ2n) is 21.9. The van der Waals surface area contributed by atoms with Gasteiger partial charge in [-0.2, -0.15) is 12.1 Å². The van der Waals surface area contributed by atoms with E-state index in [0.29, 0.717) is 11.5 Å². The third-order valence-electron chi connectivity index (χ3n) is 15.2. The molecule has 0 N–H and O–H groups in total. The Morgan fingerprint density at radius 1 is 0.438 bits per heavy atom. The van der Waals surface area contributed by atoms with Crippen molar-refractivity contribution in [1.29, 1.82) is 0 Å². The van der Waals surface area contributed by atoms with Crippen LogP contribution in [-0.2, 0) is 42.7 Å². The zero-order chi connectivity index (χ0) is 50.0. The van der Waals surface area contributed by atoms with E-state index >= 15 is 0 Å². The van der Waals surface area contributed by atoms with Gasteiger partial charge in [0.05, 0.1) is 0 Å². The Bertz CT molecular complexity index is 3540. The van der Waals surface area contributed by atoms with Gasteiger partial charge in [0.25, 0.3) is 0 Å². The van der Waals surface area contributed by atoms with Crippen molar-refractivity contribution in [3.63, 3.8) is 0 Å². The molecule has 0 unspecified atom stereocenters. The quantitative estimate of drug-likeness (QED) is 0.121. The Morgan fingerprint density at radius 3 is 1.56 bits per heavy atom. The molecule has 2 aromatic heterocycles. The molecule has 3 heterocycles. The number of hydrogen-bond donors (Lipinski definition) is 0. The zero-order valence-electron chi connectivity index (χ0n) is 43.1. The van der Waals surface area contributed by atoms with Crippen LogP contribution in [0.25, 0.3) is 27.6 Å². The minimum absolute atomic E-state index is 0. The second kappa shape index (κ2) is 19.0. The molecule has 10 aromatic rings. The molecule has 368 valence electrons. The number of benzene rings is 8. The summed E-state index contributed by atoms with van der Waals surface area (Å²) in [6.07, 6.45) is 1.92. The van der Waals surface area contributed by atoms with Crippen LogP contribution in [0.2, 0.25) is 0 Å². The van der Waals surface area contributed by atoms with Gasteiger partial charge in [0.15, 0.2) is 0 Å². The number of hydrogen-bond acceptors (Lipinski definition) is 4. The van der Waals surface area contributed by atoms with E-state index in [4.69, 9.17) is 9.72 Å². The summed E-state index contributed by atoms with van der Waals surface area (Å²) in [5.74, 6) is 2.03. The number of pyridine rings is 1. The van der Waals surface area contributed by atoms with Gasteiger partial charge in [-0.05, 0) is 92.2 Å². The summed E-state index contributed by atoms with van der Waals surface area (Å²) in [6, 6.07) is 77.0. The summed E-state index contributed by atoms with van der Waals surface area (Å²) in [6.45, 7) is 22.8. The molecule has 1 aliphatic rings. The molecule has 1 aliphatic heterocycles. The Balaban J connectivity index is 0.00000611. The minimum atomic E-state index is -0.263. The van der Waals surface area contributed by atoms with Crippen LogP contribution < -0.4 is 14.5 Å². The van der Waals surface area contributed by atoms with E-state index < -0.39 is 0 Å². The van der Waals surface area contributed by atoms with Crippen LogP contribution in [0.1, 0.15) is 101 Å². The minimum Gasteiger partial charge on any atom is -0.509 e. The van der Waals surface area contributed by atoms with Gasteiger partial charge in [-0.25, -0.2) is 4.98 Å². The van der Waals surface area contributed by atoms with Crippen LogP contribution >= 0.6 is 0 Å². The van der Waals surface area contributed by atoms with Crippen LogP contribution in [0.15, 0.2) is 200 Å². The summed E-state index contributed by atoms with van der Waals surface area (Å²) in [7, 11) is 0. The SMILES string of the molecule is CC(C)(C)c1ccnc(-n2c3[c-]c(Oc4[c-]c(N5[CH-]N(c6cc(C(C)(C)c7ccccc7)cc(C(C)(C)c7ccccc7)c6)c6ccccc65)ccc4)ccc3c3ccc(C(C)(C)c4ccccc4)cc32)c1.[Pt]. The van der Waals surface area contributed by atoms with E-state index in [0.717, 1.165) is 50.4 Å². The maximum atomic E-state index is 6.78. The maximum Gasteiger partial charge on any atom is 0.135 e. The fourth-order valence-corrected chi connectivity index (χ4v) is 10.4. The second-order valence-corrected chi connectivity index (χ2v) is 21.9. The van der Waals surface area contributed by atoms with Gasteiger partial charge in [0.2, 0.25) is 0 Å². The topological polar surface area (TPSA) is 33.5 Å². The van der Waals surface area contributed by atoms with Gasteiger partial charge in [-0.3, -0.25) is 0 Å². The smallest absolute Gasteiger partial charge is 0.135 e. The fraction of sp³-hybridized carbons (Fsp3) is 0.194. The van der Waals surface area contributed by atoms with Gasteiger partial charge >= 0.3 is 0 Å². The first-order chi connectivity index (χ1) is 34.6.